The highest BCUT2D eigenvalue weighted by molar-refractivity contribution is 5.93. The van der Waals surface area contributed by atoms with Gasteiger partial charge in [-0.15, -0.1) is 0 Å². The van der Waals surface area contributed by atoms with Crippen LogP contribution in [0, 0.1) is 13.8 Å². The number of hydrogen-bond acceptors (Lipinski definition) is 3. The number of benzene rings is 1. The SMILES string of the molecule is CCN1CCN(CC(=O)Nc2c(C)cccc2C)CC1. The Morgan fingerprint density at radius 1 is 1.10 bits per heavy atom. The molecule has 20 heavy (non-hydrogen) atoms. The van der Waals surface area contributed by atoms with E-state index in [1.165, 1.54) is 0 Å². The first-order valence-electron chi connectivity index (χ1n) is 7.41. The molecule has 0 aliphatic carbocycles. The van der Waals surface area contributed by atoms with Gasteiger partial charge in [-0.3, -0.25) is 9.69 Å². The molecule has 0 bridgehead atoms. The molecule has 1 aliphatic rings. The van der Waals surface area contributed by atoms with Gasteiger partial charge in [-0.05, 0) is 31.5 Å². The molecule has 1 heterocycles. The van der Waals surface area contributed by atoms with Gasteiger partial charge in [0.2, 0.25) is 5.91 Å². The standard InChI is InChI=1S/C16H25N3O/c1-4-18-8-10-19(11-9-18)12-15(20)17-16-13(2)6-5-7-14(16)3/h5-7H,4,8-12H2,1-3H3,(H,17,20). The lowest BCUT2D eigenvalue weighted by Gasteiger charge is -2.33. The van der Waals surface area contributed by atoms with Crippen molar-refractivity contribution in [2.24, 2.45) is 0 Å². The molecule has 1 amide bonds. The van der Waals surface area contributed by atoms with Crippen LogP contribution in [0.15, 0.2) is 18.2 Å². The number of anilines is 1. The zero-order valence-electron chi connectivity index (χ0n) is 12.8. The van der Waals surface area contributed by atoms with Crippen LogP contribution in [0.25, 0.3) is 0 Å². The summed E-state index contributed by atoms with van der Waals surface area (Å²) >= 11 is 0. The molecule has 0 saturated carbocycles. The quantitative estimate of drug-likeness (QED) is 0.911. The van der Waals surface area contributed by atoms with Gasteiger partial charge >= 0.3 is 0 Å². The average molecular weight is 275 g/mol. The number of carbonyl (C=O) groups excluding carboxylic acids is 1. The maximum absolute atomic E-state index is 12.2. The van der Waals surface area contributed by atoms with Crippen LogP contribution in [-0.2, 0) is 4.79 Å². The lowest BCUT2D eigenvalue weighted by Crippen LogP contribution is -2.48. The molecule has 1 fully saturated rings. The Morgan fingerprint density at radius 3 is 2.20 bits per heavy atom. The highest BCUT2D eigenvalue weighted by atomic mass is 16.2. The summed E-state index contributed by atoms with van der Waals surface area (Å²) in [6.45, 7) is 11.9. The number of likely N-dealkylation sites (N-methyl/N-ethyl adjacent to an activating group) is 1. The minimum atomic E-state index is 0.0901. The minimum absolute atomic E-state index is 0.0901. The number of aryl methyl sites for hydroxylation is 2. The average Bonchev–Trinajstić information content (AvgIpc) is 2.44. The van der Waals surface area contributed by atoms with E-state index in [2.05, 4.69) is 22.0 Å². The van der Waals surface area contributed by atoms with Crippen molar-refractivity contribution in [2.45, 2.75) is 20.8 Å². The van der Waals surface area contributed by atoms with E-state index in [0.717, 1.165) is 49.5 Å². The number of hydrogen-bond donors (Lipinski definition) is 1. The fraction of sp³-hybridized carbons (Fsp3) is 0.562. The zero-order chi connectivity index (χ0) is 14.5. The van der Waals surface area contributed by atoms with E-state index in [4.69, 9.17) is 0 Å². The maximum atomic E-state index is 12.2. The normalized spacial score (nSPS) is 17.1. The van der Waals surface area contributed by atoms with E-state index in [-0.39, 0.29) is 5.91 Å². The van der Waals surface area contributed by atoms with Crippen LogP contribution >= 0.6 is 0 Å². The summed E-state index contributed by atoms with van der Waals surface area (Å²) in [5.74, 6) is 0.0901. The molecule has 2 rings (SSSR count). The summed E-state index contributed by atoms with van der Waals surface area (Å²) in [5, 5.41) is 3.06. The molecule has 0 aromatic heterocycles. The monoisotopic (exact) mass is 275 g/mol. The van der Waals surface area contributed by atoms with Crippen LogP contribution in [0.4, 0.5) is 5.69 Å². The summed E-state index contributed by atoms with van der Waals surface area (Å²) in [6.07, 6.45) is 0. The smallest absolute Gasteiger partial charge is 0.238 e. The second-order valence-electron chi connectivity index (χ2n) is 5.53. The minimum Gasteiger partial charge on any atom is -0.324 e. The number of amides is 1. The zero-order valence-corrected chi connectivity index (χ0v) is 12.8. The Bertz CT molecular complexity index is 445. The highest BCUT2D eigenvalue weighted by Gasteiger charge is 2.18. The molecule has 0 unspecified atom stereocenters. The number of para-hydroxylation sites is 1. The Balaban J connectivity index is 1.87. The van der Waals surface area contributed by atoms with E-state index in [1.54, 1.807) is 0 Å². The third-order valence-electron chi connectivity index (χ3n) is 4.02. The van der Waals surface area contributed by atoms with Gasteiger partial charge in [-0.25, -0.2) is 0 Å². The van der Waals surface area contributed by atoms with Gasteiger partial charge in [-0.2, -0.15) is 0 Å². The van der Waals surface area contributed by atoms with Crippen LogP contribution in [-0.4, -0.2) is 55.0 Å². The molecular formula is C16H25N3O. The molecule has 1 aromatic carbocycles. The summed E-state index contributed by atoms with van der Waals surface area (Å²) in [6, 6.07) is 6.08. The van der Waals surface area contributed by atoms with Gasteiger partial charge in [0.1, 0.15) is 0 Å². The molecule has 110 valence electrons. The third-order valence-corrected chi connectivity index (χ3v) is 4.02. The van der Waals surface area contributed by atoms with Crippen molar-refractivity contribution < 1.29 is 4.79 Å². The third kappa shape index (κ3) is 3.81. The topological polar surface area (TPSA) is 35.6 Å². The van der Waals surface area contributed by atoms with Gasteiger partial charge in [0.25, 0.3) is 0 Å². The van der Waals surface area contributed by atoms with Crippen LogP contribution < -0.4 is 5.32 Å². The second-order valence-corrected chi connectivity index (χ2v) is 5.53. The number of carbonyl (C=O) groups is 1. The molecule has 0 spiro atoms. The van der Waals surface area contributed by atoms with Crippen molar-refractivity contribution >= 4 is 11.6 Å². The van der Waals surface area contributed by atoms with Crippen molar-refractivity contribution in [1.29, 1.82) is 0 Å². The number of piperazine rings is 1. The van der Waals surface area contributed by atoms with E-state index in [0.29, 0.717) is 6.54 Å². The Labute approximate surface area is 121 Å². The molecule has 1 N–H and O–H groups in total. The van der Waals surface area contributed by atoms with Crippen LogP contribution in [0.1, 0.15) is 18.1 Å². The summed E-state index contributed by atoms with van der Waals surface area (Å²) in [5.41, 5.74) is 3.20. The molecule has 1 saturated heterocycles. The fourth-order valence-electron chi connectivity index (χ4n) is 2.66. The highest BCUT2D eigenvalue weighted by Crippen LogP contribution is 2.19. The van der Waals surface area contributed by atoms with Crippen LogP contribution in [0.2, 0.25) is 0 Å². The van der Waals surface area contributed by atoms with E-state index in [1.807, 2.05) is 32.0 Å². The van der Waals surface area contributed by atoms with Gasteiger partial charge in [-0.1, -0.05) is 25.1 Å². The Kier molecular flexibility index (Phi) is 5.15. The Morgan fingerprint density at radius 2 is 1.65 bits per heavy atom. The van der Waals surface area contributed by atoms with E-state index < -0.39 is 0 Å². The van der Waals surface area contributed by atoms with Crippen molar-refractivity contribution in [3.8, 4) is 0 Å². The van der Waals surface area contributed by atoms with Gasteiger partial charge < -0.3 is 10.2 Å². The maximum Gasteiger partial charge on any atom is 0.238 e. The van der Waals surface area contributed by atoms with Gasteiger partial charge in [0, 0.05) is 31.9 Å². The lowest BCUT2D eigenvalue weighted by molar-refractivity contribution is -0.117. The Hall–Kier alpha value is -1.39. The summed E-state index contributed by atoms with van der Waals surface area (Å²) in [7, 11) is 0. The number of nitrogens with one attached hydrogen (secondary N) is 1. The predicted molar refractivity (Wildman–Crippen MR) is 83.1 cm³/mol. The molecular weight excluding hydrogens is 250 g/mol. The number of nitrogens with zero attached hydrogens (tertiary/aromatic N) is 2. The predicted octanol–water partition coefficient (Wildman–Crippen LogP) is 1.88. The first-order valence-corrected chi connectivity index (χ1v) is 7.41. The molecule has 4 nitrogen and oxygen atoms in total. The van der Waals surface area contributed by atoms with Crippen LogP contribution in [0.5, 0.6) is 0 Å². The van der Waals surface area contributed by atoms with E-state index >= 15 is 0 Å². The fourth-order valence-corrected chi connectivity index (χ4v) is 2.66. The molecule has 0 radical (unpaired) electrons. The first kappa shape index (κ1) is 15.0. The molecule has 1 aromatic rings. The summed E-state index contributed by atoms with van der Waals surface area (Å²) in [4.78, 5) is 16.8. The largest absolute Gasteiger partial charge is 0.324 e. The lowest BCUT2D eigenvalue weighted by atomic mass is 10.1. The van der Waals surface area contributed by atoms with E-state index in [9.17, 15) is 4.79 Å². The number of rotatable bonds is 4. The van der Waals surface area contributed by atoms with Gasteiger partial charge in [0.15, 0.2) is 0 Å². The summed E-state index contributed by atoms with van der Waals surface area (Å²) < 4.78 is 0. The first-order chi connectivity index (χ1) is 9.60. The molecule has 1 aliphatic heterocycles. The van der Waals surface area contributed by atoms with Gasteiger partial charge in [0.05, 0.1) is 6.54 Å². The van der Waals surface area contributed by atoms with Crippen molar-refractivity contribution in [2.75, 3.05) is 44.6 Å². The second kappa shape index (κ2) is 6.86. The van der Waals surface area contributed by atoms with Crippen LogP contribution in [0.3, 0.4) is 0 Å². The molecule has 0 atom stereocenters. The van der Waals surface area contributed by atoms with Crippen molar-refractivity contribution in [1.82, 2.24) is 9.80 Å². The van der Waals surface area contributed by atoms with Crippen molar-refractivity contribution in [3.63, 3.8) is 0 Å². The van der Waals surface area contributed by atoms with Crippen molar-refractivity contribution in [3.05, 3.63) is 29.3 Å². The molecule has 4 heteroatoms.